The third kappa shape index (κ3) is 4.36. The summed E-state index contributed by atoms with van der Waals surface area (Å²) in [5, 5.41) is 3.72. The second-order valence-corrected chi connectivity index (χ2v) is 8.95. The number of aryl methyl sites for hydroxylation is 1. The molecule has 32 heavy (non-hydrogen) atoms. The molecule has 0 bridgehead atoms. The van der Waals surface area contributed by atoms with Crippen LogP contribution in [0.1, 0.15) is 32.3 Å². The summed E-state index contributed by atoms with van der Waals surface area (Å²) in [6.45, 7) is 4.04. The number of carbonyl (C=O) groups is 1. The number of hydrogen-bond donors (Lipinski definition) is 1. The van der Waals surface area contributed by atoms with Crippen molar-refractivity contribution in [3.05, 3.63) is 75.1 Å². The molecule has 3 heterocycles. The van der Waals surface area contributed by atoms with Gasteiger partial charge in [0.05, 0.1) is 5.52 Å². The maximum Gasteiger partial charge on any atom is 0.332 e. The molecule has 0 spiro atoms. The first-order valence-corrected chi connectivity index (χ1v) is 11.7. The molecule has 0 aliphatic heterocycles. The van der Waals surface area contributed by atoms with Crippen LogP contribution in [-0.4, -0.2) is 26.1 Å². The molecule has 4 aromatic rings. The highest BCUT2D eigenvalue weighted by Gasteiger charge is 2.20. The van der Waals surface area contributed by atoms with Crippen molar-refractivity contribution in [2.75, 3.05) is 0 Å². The molecule has 1 atom stereocenters. The first-order chi connectivity index (χ1) is 15.5. The lowest BCUT2D eigenvalue weighted by Crippen LogP contribution is -2.43. The third-order valence-electron chi connectivity index (χ3n) is 5.48. The monoisotopic (exact) mass is 450 g/mol. The molecule has 7 nitrogen and oxygen atoms in total. The molecule has 0 saturated carbocycles. The number of aromatic nitrogens is 3. The Morgan fingerprint density at radius 1 is 1.12 bits per heavy atom. The zero-order valence-corrected chi connectivity index (χ0v) is 19.0. The van der Waals surface area contributed by atoms with E-state index in [0.717, 1.165) is 18.2 Å². The summed E-state index contributed by atoms with van der Waals surface area (Å²) >= 11 is 1.26. The Bertz CT molecular complexity index is 1370. The molecule has 0 aliphatic rings. The molecule has 0 saturated heterocycles. The Kier molecular flexibility index (Phi) is 6.50. The smallest absolute Gasteiger partial charge is 0.332 e. The van der Waals surface area contributed by atoms with Gasteiger partial charge in [-0.3, -0.25) is 18.7 Å². The SMILES string of the molecule is CCCn1c(=O)c2sc3ncccc3c2n(CC(=O)N[C@H](C)CCc2ccccc2)c1=O. The number of carbonyl (C=O) groups excluding carboxylic acids is 1. The fourth-order valence-corrected chi connectivity index (χ4v) is 5.01. The van der Waals surface area contributed by atoms with E-state index in [1.807, 2.05) is 38.1 Å². The standard InChI is InChI=1S/C24H26N4O3S/c1-3-14-27-23(30)21-20(18-10-7-13-25-22(18)32-21)28(24(27)31)15-19(29)26-16(2)11-12-17-8-5-4-6-9-17/h4-10,13,16H,3,11-12,14-15H2,1-2H3,(H,26,29)/t16-/m1/s1. The van der Waals surface area contributed by atoms with Crippen LogP contribution in [0, 0.1) is 0 Å². The molecule has 3 aromatic heterocycles. The number of amides is 1. The largest absolute Gasteiger partial charge is 0.352 e. The highest BCUT2D eigenvalue weighted by Crippen LogP contribution is 2.29. The molecule has 166 valence electrons. The third-order valence-corrected chi connectivity index (χ3v) is 6.57. The molecule has 1 N–H and O–H groups in total. The molecule has 0 unspecified atom stereocenters. The molecule has 8 heteroatoms. The van der Waals surface area contributed by atoms with Gasteiger partial charge in [0.1, 0.15) is 16.1 Å². The van der Waals surface area contributed by atoms with Crippen LogP contribution in [0.15, 0.2) is 58.3 Å². The van der Waals surface area contributed by atoms with E-state index in [1.165, 1.54) is 26.0 Å². The minimum atomic E-state index is -0.458. The van der Waals surface area contributed by atoms with E-state index in [9.17, 15) is 14.4 Å². The van der Waals surface area contributed by atoms with Crippen LogP contribution in [0.5, 0.6) is 0 Å². The van der Waals surface area contributed by atoms with Gasteiger partial charge in [-0.2, -0.15) is 0 Å². The van der Waals surface area contributed by atoms with Gasteiger partial charge >= 0.3 is 5.69 Å². The Morgan fingerprint density at radius 3 is 2.66 bits per heavy atom. The lowest BCUT2D eigenvalue weighted by atomic mass is 10.1. The number of pyridine rings is 1. The lowest BCUT2D eigenvalue weighted by Gasteiger charge is -2.16. The Balaban J connectivity index is 1.63. The second-order valence-electron chi connectivity index (χ2n) is 7.95. The number of hydrogen-bond acceptors (Lipinski definition) is 5. The highest BCUT2D eigenvalue weighted by molar-refractivity contribution is 7.25. The summed E-state index contributed by atoms with van der Waals surface area (Å²) < 4.78 is 3.10. The maximum atomic E-state index is 13.2. The van der Waals surface area contributed by atoms with E-state index in [2.05, 4.69) is 22.4 Å². The zero-order chi connectivity index (χ0) is 22.7. The molecule has 1 aromatic carbocycles. The van der Waals surface area contributed by atoms with E-state index in [1.54, 1.807) is 12.3 Å². The second kappa shape index (κ2) is 9.48. The quantitative estimate of drug-likeness (QED) is 0.446. The highest BCUT2D eigenvalue weighted by atomic mass is 32.1. The predicted octanol–water partition coefficient (Wildman–Crippen LogP) is 3.32. The molecule has 4 rings (SSSR count). The summed E-state index contributed by atoms with van der Waals surface area (Å²) in [6.07, 6.45) is 3.95. The van der Waals surface area contributed by atoms with Gasteiger partial charge in [0.25, 0.3) is 5.56 Å². The van der Waals surface area contributed by atoms with Crippen LogP contribution in [-0.2, 0) is 24.3 Å². The topological polar surface area (TPSA) is 86.0 Å². The van der Waals surface area contributed by atoms with Gasteiger partial charge in [0.15, 0.2) is 0 Å². The van der Waals surface area contributed by atoms with Gasteiger partial charge in [-0.15, -0.1) is 11.3 Å². The van der Waals surface area contributed by atoms with Crippen molar-refractivity contribution in [3.8, 4) is 0 Å². The summed E-state index contributed by atoms with van der Waals surface area (Å²) in [5.74, 6) is -0.251. The molecule has 0 radical (unpaired) electrons. The van der Waals surface area contributed by atoms with E-state index in [-0.39, 0.29) is 24.1 Å². The van der Waals surface area contributed by atoms with Gasteiger partial charge in [-0.25, -0.2) is 9.78 Å². The van der Waals surface area contributed by atoms with Gasteiger partial charge in [0.2, 0.25) is 5.91 Å². The molecule has 0 aliphatic carbocycles. The van der Waals surface area contributed by atoms with E-state index in [4.69, 9.17) is 0 Å². The number of fused-ring (bicyclic) bond motifs is 3. The van der Waals surface area contributed by atoms with Crippen molar-refractivity contribution in [1.82, 2.24) is 19.4 Å². The number of nitrogens with zero attached hydrogens (tertiary/aromatic N) is 3. The minimum absolute atomic E-state index is 0.0451. The fraction of sp³-hybridized carbons (Fsp3) is 0.333. The van der Waals surface area contributed by atoms with Crippen LogP contribution in [0.4, 0.5) is 0 Å². The first kappa shape index (κ1) is 22.0. The van der Waals surface area contributed by atoms with Gasteiger partial charge in [-0.1, -0.05) is 37.3 Å². The minimum Gasteiger partial charge on any atom is -0.352 e. The van der Waals surface area contributed by atoms with Crippen LogP contribution in [0.2, 0.25) is 0 Å². The van der Waals surface area contributed by atoms with Gasteiger partial charge < -0.3 is 5.32 Å². The Hall–Kier alpha value is -3.26. The van der Waals surface area contributed by atoms with Crippen LogP contribution in [0.25, 0.3) is 20.4 Å². The first-order valence-electron chi connectivity index (χ1n) is 10.8. The normalized spacial score (nSPS) is 12.3. The average Bonchev–Trinajstić information content (AvgIpc) is 3.18. The van der Waals surface area contributed by atoms with Crippen LogP contribution < -0.4 is 16.6 Å². The average molecular weight is 451 g/mol. The van der Waals surface area contributed by atoms with Crippen molar-refractivity contribution >= 4 is 37.7 Å². The number of rotatable bonds is 8. The van der Waals surface area contributed by atoms with E-state index >= 15 is 0 Å². The summed E-state index contributed by atoms with van der Waals surface area (Å²) in [7, 11) is 0. The summed E-state index contributed by atoms with van der Waals surface area (Å²) in [6, 6.07) is 13.7. The Labute approximate surface area is 189 Å². The van der Waals surface area contributed by atoms with Crippen molar-refractivity contribution in [2.24, 2.45) is 0 Å². The molecular weight excluding hydrogens is 424 g/mol. The van der Waals surface area contributed by atoms with Crippen molar-refractivity contribution in [1.29, 1.82) is 0 Å². The molecular formula is C24H26N4O3S. The van der Waals surface area contributed by atoms with Crippen molar-refractivity contribution < 1.29 is 4.79 Å². The van der Waals surface area contributed by atoms with Gasteiger partial charge in [-0.05, 0) is 43.9 Å². The van der Waals surface area contributed by atoms with Gasteiger partial charge in [0, 0.05) is 24.2 Å². The number of nitrogens with one attached hydrogen (secondary N) is 1. The van der Waals surface area contributed by atoms with Crippen molar-refractivity contribution in [3.63, 3.8) is 0 Å². The van der Waals surface area contributed by atoms with Crippen molar-refractivity contribution in [2.45, 2.75) is 52.2 Å². The zero-order valence-electron chi connectivity index (χ0n) is 18.2. The molecule has 0 fully saturated rings. The maximum absolute atomic E-state index is 13.2. The number of thiophene rings is 1. The fourth-order valence-electron chi connectivity index (χ4n) is 3.91. The Morgan fingerprint density at radius 2 is 1.91 bits per heavy atom. The number of benzene rings is 1. The van der Waals surface area contributed by atoms with E-state index in [0.29, 0.717) is 28.0 Å². The predicted molar refractivity (Wildman–Crippen MR) is 128 cm³/mol. The van der Waals surface area contributed by atoms with E-state index < -0.39 is 5.69 Å². The van der Waals surface area contributed by atoms with Crippen LogP contribution >= 0.6 is 11.3 Å². The lowest BCUT2D eigenvalue weighted by molar-refractivity contribution is -0.122. The molecule has 1 amide bonds. The van der Waals surface area contributed by atoms with Crippen LogP contribution in [0.3, 0.4) is 0 Å². The summed E-state index contributed by atoms with van der Waals surface area (Å²) in [5.41, 5.74) is 0.936. The summed E-state index contributed by atoms with van der Waals surface area (Å²) in [4.78, 5) is 44.1.